The Balaban J connectivity index is 1.69. The maximum Gasteiger partial charge on any atom is 0.325 e. The van der Waals surface area contributed by atoms with Crippen LogP contribution >= 0.6 is 0 Å². The zero-order valence-corrected chi connectivity index (χ0v) is 17.1. The van der Waals surface area contributed by atoms with Crippen LogP contribution in [0.1, 0.15) is 49.9 Å². The van der Waals surface area contributed by atoms with E-state index in [1.165, 1.54) is 5.56 Å². The van der Waals surface area contributed by atoms with Gasteiger partial charge in [0.2, 0.25) is 5.91 Å². The van der Waals surface area contributed by atoms with Gasteiger partial charge < -0.3 is 10.6 Å². The lowest BCUT2D eigenvalue weighted by Gasteiger charge is -2.22. The molecule has 6 nitrogen and oxygen atoms in total. The molecule has 0 bridgehead atoms. The minimum Gasteiger partial charge on any atom is -0.348 e. The fraction of sp³-hybridized carbons (Fsp3) is 0.348. The summed E-state index contributed by atoms with van der Waals surface area (Å²) in [7, 11) is 0. The molecule has 2 aromatic carbocycles. The molecule has 0 aliphatic carbocycles. The van der Waals surface area contributed by atoms with Gasteiger partial charge in [-0.05, 0) is 37.0 Å². The van der Waals surface area contributed by atoms with Crippen LogP contribution in [0.5, 0.6) is 0 Å². The van der Waals surface area contributed by atoms with Crippen molar-refractivity contribution < 1.29 is 14.4 Å². The Hall–Kier alpha value is -3.15. The van der Waals surface area contributed by atoms with Gasteiger partial charge in [-0.2, -0.15) is 0 Å². The quantitative estimate of drug-likeness (QED) is 0.709. The number of aryl methyl sites for hydroxylation is 1. The second kappa shape index (κ2) is 8.47. The fourth-order valence-electron chi connectivity index (χ4n) is 3.59. The van der Waals surface area contributed by atoms with E-state index in [1.54, 1.807) is 6.92 Å². The number of amides is 4. The van der Waals surface area contributed by atoms with Crippen LogP contribution in [0.15, 0.2) is 54.6 Å². The number of hydrogen-bond acceptors (Lipinski definition) is 3. The molecule has 1 fully saturated rings. The molecular weight excluding hydrogens is 366 g/mol. The van der Waals surface area contributed by atoms with Gasteiger partial charge in [0, 0.05) is 0 Å². The Morgan fingerprint density at radius 2 is 1.76 bits per heavy atom. The van der Waals surface area contributed by atoms with Crippen molar-refractivity contribution >= 4 is 17.8 Å². The molecule has 2 N–H and O–H groups in total. The van der Waals surface area contributed by atoms with E-state index in [0.717, 1.165) is 23.3 Å². The Morgan fingerprint density at radius 1 is 1.10 bits per heavy atom. The van der Waals surface area contributed by atoms with Crippen LogP contribution in [0, 0.1) is 0 Å². The highest BCUT2D eigenvalue weighted by molar-refractivity contribution is 6.09. The molecular formula is C23H27N3O3. The van der Waals surface area contributed by atoms with Crippen molar-refractivity contribution in [3.05, 3.63) is 71.3 Å². The number of carbonyl (C=O) groups is 3. The molecule has 3 rings (SSSR count). The van der Waals surface area contributed by atoms with Crippen molar-refractivity contribution in [1.29, 1.82) is 0 Å². The van der Waals surface area contributed by atoms with E-state index in [2.05, 4.69) is 17.6 Å². The monoisotopic (exact) mass is 393 g/mol. The highest BCUT2D eigenvalue weighted by Gasteiger charge is 2.49. The molecule has 6 heteroatoms. The van der Waals surface area contributed by atoms with Gasteiger partial charge in [0.25, 0.3) is 5.91 Å². The minimum atomic E-state index is -1.17. The summed E-state index contributed by atoms with van der Waals surface area (Å²) in [6, 6.07) is 16.4. The highest BCUT2D eigenvalue weighted by atomic mass is 16.2. The summed E-state index contributed by atoms with van der Waals surface area (Å²) in [6.45, 7) is 5.33. The molecule has 0 aromatic heterocycles. The van der Waals surface area contributed by atoms with Gasteiger partial charge >= 0.3 is 6.03 Å². The molecule has 1 aliphatic heterocycles. The van der Waals surface area contributed by atoms with Crippen LogP contribution in [0.4, 0.5) is 4.79 Å². The smallest absolute Gasteiger partial charge is 0.325 e. The third-order valence-corrected chi connectivity index (χ3v) is 5.32. The van der Waals surface area contributed by atoms with E-state index >= 15 is 0 Å². The topological polar surface area (TPSA) is 78.5 Å². The number of nitrogens with zero attached hydrogens (tertiary/aromatic N) is 1. The van der Waals surface area contributed by atoms with Gasteiger partial charge in [-0.15, -0.1) is 0 Å². The third kappa shape index (κ3) is 4.31. The SMILES string of the molecule is CCCc1ccc([C@@]2(C)NC(=O)N(CC(=O)N[C@@H](C)c3ccccc3)C2=O)cc1. The van der Waals surface area contributed by atoms with E-state index in [-0.39, 0.29) is 18.5 Å². The van der Waals surface area contributed by atoms with E-state index in [9.17, 15) is 14.4 Å². The number of imide groups is 1. The van der Waals surface area contributed by atoms with E-state index in [4.69, 9.17) is 0 Å². The van der Waals surface area contributed by atoms with Gasteiger partial charge in [0.1, 0.15) is 12.1 Å². The first-order valence-electron chi connectivity index (χ1n) is 9.93. The molecule has 152 valence electrons. The molecule has 0 unspecified atom stereocenters. The van der Waals surface area contributed by atoms with Crippen LogP contribution in [-0.2, 0) is 21.5 Å². The summed E-state index contributed by atoms with van der Waals surface area (Å²) in [4.78, 5) is 38.9. The van der Waals surface area contributed by atoms with Crippen molar-refractivity contribution in [2.24, 2.45) is 0 Å². The average molecular weight is 393 g/mol. The molecule has 1 aliphatic rings. The summed E-state index contributed by atoms with van der Waals surface area (Å²) >= 11 is 0. The van der Waals surface area contributed by atoms with E-state index < -0.39 is 17.5 Å². The predicted molar refractivity (Wildman–Crippen MR) is 111 cm³/mol. The standard InChI is InChI=1S/C23H27N3O3/c1-4-8-17-11-13-19(14-12-17)23(3)21(28)26(22(29)25-23)15-20(27)24-16(2)18-9-6-5-7-10-18/h5-7,9-14,16H,4,8,15H2,1-3H3,(H,24,27)(H,25,29)/t16-,23+/m0/s1. The van der Waals surface area contributed by atoms with Crippen molar-refractivity contribution in [2.45, 2.75) is 45.2 Å². The molecule has 0 spiro atoms. The number of benzene rings is 2. The Morgan fingerprint density at radius 3 is 2.38 bits per heavy atom. The molecule has 4 amide bonds. The third-order valence-electron chi connectivity index (χ3n) is 5.32. The zero-order valence-electron chi connectivity index (χ0n) is 17.1. The lowest BCUT2D eigenvalue weighted by atomic mass is 9.91. The molecule has 2 atom stereocenters. The summed E-state index contributed by atoms with van der Waals surface area (Å²) in [5.41, 5.74) is 1.67. The second-order valence-electron chi connectivity index (χ2n) is 7.59. The average Bonchev–Trinajstić information content (AvgIpc) is 2.93. The summed E-state index contributed by atoms with van der Waals surface area (Å²) < 4.78 is 0. The summed E-state index contributed by atoms with van der Waals surface area (Å²) in [6.07, 6.45) is 2.00. The lowest BCUT2D eigenvalue weighted by Crippen LogP contribution is -2.43. The second-order valence-corrected chi connectivity index (χ2v) is 7.59. The highest BCUT2D eigenvalue weighted by Crippen LogP contribution is 2.29. The van der Waals surface area contributed by atoms with Gasteiger partial charge in [0.05, 0.1) is 6.04 Å². The van der Waals surface area contributed by atoms with Crippen LogP contribution in [-0.4, -0.2) is 29.3 Å². The van der Waals surface area contributed by atoms with Crippen LogP contribution < -0.4 is 10.6 Å². The van der Waals surface area contributed by atoms with Crippen molar-refractivity contribution in [2.75, 3.05) is 6.54 Å². The number of rotatable bonds is 7. The van der Waals surface area contributed by atoms with Crippen molar-refractivity contribution in [1.82, 2.24) is 15.5 Å². The number of nitrogens with one attached hydrogen (secondary N) is 2. The summed E-state index contributed by atoms with van der Waals surface area (Å²) in [5, 5.41) is 5.59. The van der Waals surface area contributed by atoms with Crippen molar-refractivity contribution in [3.8, 4) is 0 Å². The molecule has 1 saturated heterocycles. The van der Waals surface area contributed by atoms with Crippen LogP contribution in [0.25, 0.3) is 0 Å². The van der Waals surface area contributed by atoms with Gasteiger partial charge in [0.15, 0.2) is 0 Å². The van der Waals surface area contributed by atoms with Gasteiger partial charge in [-0.1, -0.05) is 67.9 Å². The first kappa shape index (κ1) is 20.6. The maximum absolute atomic E-state index is 13.0. The molecule has 0 radical (unpaired) electrons. The lowest BCUT2D eigenvalue weighted by molar-refractivity contribution is -0.135. The van der Waals surface area contributed by atoms with Crippen molar-refractivity contribution in [3.63, 3.8) is 0 Å². The molecule has 0 saturated carbocycles. The van der Waals surface area contributed by atoms with Crippen LogP contribution in [0.3, 0.4) is 0 Å². The number of carbonyl (C=O) groups excluding carboxylic acids is 3. The molecule has 29 heavy (non-hydrogen) atoms. The fourth-order valence-corrected chi connectivity index (χ4v) is 3.59. The Bertz CT molecular complexity index is 895. The molecule has 2 aromatic rings. The van der Waals surface area contributed by atoms with Crippen LogP contribution in [0.2, 0.25) is 0 Å². The first-order valence-corrected chi connectivity index (χ1v) is 9.93. The largest absolute Gasteiger partial charge is 0.348 e. The minimum absolute atomic E-state index is 0.220. The number of hydrogen-bond donors (Lipinski definition) is 2. The maximum atomic E-state index is 13.0. The van der Waals surface area contributed by atoms with Gasteiger partial charge in [-0.25, -0.2) is 4.79 Å². The predicted octanol–water partition coefficient (Wildman–Crippen LogP) is 3.28. The first-order chi connectivity index (χ1) is 13.8. The Kier molecular flexibility index (Phi) is 6.01. The van der Waals surface area contributed by atoms with E-state index in [1.807, 2.05) is 61.5 Å². The molecule has 1 heterocycles. The zero-order chi connectivity index (χ0) is 21.0. The summed E-state index contributed by atoms with van der Waals surface area (Å²) in [5.74, 6) is -0.805. The normalized spacial score (nSPS) is 19.8. The number of urea groups is 1. The van der Waals surface area contributed by atoms with E-state index in [0.29, 0.717) is 5.56 Å². The Labute approximate surface area is 171 Å². The van der Waals surface area contributed by atoms with Gasteiger partial charge in [-0.3, -0.25) is 14.5 Å².